The molecule has 1 fully saturated rings. The van der Waals surface area contributed by atoms with Crippen molar-refractivity contribution >= 4 is 17.5 Å². The van der Waals surface area contributed by atoms with E-state index < -0.39 is 0 Å². The van der Waals surface area contributed by atoms with Gasteiger partial charge in [0.1, 0.15) is 5.75 Å². The summed E-state index contributed by atoms with van der Waals surface area (Å²) in [6, 6.07) is 17.0. The van der Waals surface area contributed by atoms with Gasteiger partial charge in [-0.1, -0.05) is 36.4 Å². The number of hydrogen-bond donors (Lipinski definition) is 0. The van der Waals surface area contributed by atoms with Crippen LogP contribution in [0.5, 0.6) is 5.75 Å². The smallest absolute Gasteiger partial charge is 0.227 e. The number of aryl methyl sites for hydroxylation is 1. The van der Waals surface area contributed by atoms with Crippen LogP contribution >= 0.6 is 0 Å². The molecule has 0 spiro atoms. The van der Waals surface area contributed by atoms with E-state index in [1.165, 1.54) is 5.56 Å². The number of carbonyl (C=O) groups is 2. The molecule has 4 rings (SSSR count). The fourth-order valence-electron chi connectivity index (χ4n) is 4.76. The number of ether oxygens (including phenoxy) is 1. The second-order valence-corrected chi connectivity index (χ2v) is 9.10. The van der Waals surface area contributed by atoms with Crippen LogP contribution < -0.4 is 9.64 Å². The van der Waals surface area contributed by atoms with E-state index in [0.717, 1.165) is 68.6 Å². The molecule has 5 heteroatoms. The largest absolute Gasteiger partial charge is 0.493 e. The highest BCUT2D eigenvalue weighted by molar-refractivity contribution is 5.97. The van der Waals surface area contributed by atoms with Crippen LogP contribution in [-0.2, 0) is 22.4 Å². The molecule has 2 aliphatic rings. The lowest BCUT2D eigenvalue weighted by Gasteiger charge is -2.30. The Hall–Kier alpha value is -2.82. The third-order valence-electron chi connectivity index (χ3n) is 6.67. The third kappa shape index (κ3) is 6.16. The average molecular weight is 449 g/mol. The predicted molar refractivity (Wildman–Crippen MR) is 132 cm³/mol. The molecule has 1 aliphatic carbocycles. The van der Waals surface area contributed by atoms with Crippen LogP contribution in [0.1, 0.15) is 63.0 Å². The third-order valence-corrected chi connectivity index (χ3v) is 6.67. The number of unbranched alkanes of at least 4 members (excludes halogenated alkanes) is 1. The lowest BCUT2D eigenvalue weighted by Crippen LogP contribution is -2.36. The molecule has 0 radical (unpaired) electrons. The van der Waals surface area contributed by atoms with E-state index in [4.69, 9.17) is 4.74 Å². The van der Waals surface area contributed by atoms with Crippen LogP contribution in [0, 0.1) is 0 Å². The van der Waals surface area contributed by atoms with Crippen molar-refractivity contribution in [3.05, 3.63) is 59.7 Å². The van der Waals surface area contributed by atoms with Crippen molar-refractivity contribution in [2.24, 2.45) is 0 Å². The summed E-state index contributed by atoms with van der Waals surface area (Å²) in [4.78, 5) is 29.0. The zero-order valence-electron chi connectivity index (χ0n) is 19.8. The van der Waals surface area contributed by atoms with Gasteiger partial charge in [0.15, 0.2) is 0 Å². The summed E-state index contributed by atoms with van der Waals surface area (Å²) in [5.74, 6) is 1.30. The molecule has 0 atom stereocenters. The SMILES string of the molecule is CCN(C(=O)CCCOc1cccc2c1CCC(=O)N2CCCCc1ccccc1)C1CC1. The van der Waals surface area contributed by atoms with Crippen LogP contribution in [-0.4, -0.2) is 42.5 Å². The number of benzene rings is 2. The molecule has 0 unspecified atom stereocenters. The Morgan fingerprint density at radius 3 is 2.61 bits per heavy atom. The van der Waals surface area contributed by atoms with Crippen LogP contribution in [0.4, 0.5) is 5.69 Å². The molecule has 2 amide bonds. The number of nitrogens with zero attached hydrogens (tertiary/aromatic N) is 2. The van der Waals surface area contributed by atoms with E-state index in [1.807, 2.05) is 34.1 Å². The molecule has 2 aromatic rings. The molecule has 5 nitrogen and oxygen atoms in total. The van der Waals surface area contributed by atoms with Crippen LogP contribution in [0.2, 0.25) is 0 Å². The number of amides is 2. The quantitative estimate of drug-likeness (QED) is 0.422. The molecule has 176 valence electrons. The summed E-state index contributed by atoms with van der Waals surface area (Å²) in [6.07, 6.45) is 7.85. The number of fused-ring (bicyclic) bond motifs is 1. The van der Waals surface area contributed by atoms with Crippen molar-refractivity contribution in [3.63, 3.8) is 0 Å². The van der Waals surface area contributed by atoms with E-state index in [9.17, 15) is 9.59 Å². The summed E-state index contributed by atoms with van der Waals surface area (Å²) in [5.41, 5.74) is 3.46. The van der Waals surface area contributed by atoms with Gasteiger partial charge in [0.2, 0.25) is 11.8 Å². The minimum absolute atomic E-state index is 0.199. The van der Waals surface area contributed by atoms with E-state index in [-0.39, 0.29) is 11.8 Å². The van der Waals surface area contributed by atoms with Crippen LogP contribution in [0.15, 0.2) is 48.5 Å². The minimum Gasteiger partial charge on any atom is -0.493 e. The molecule has 0 bridgehead atoms. The highest BCUT2D eigenvalue weighted by Crippen LogP contribution is 2.35. The first-order chi connectivity index (χ1) is 16.2. The maximum atomic E-state index is 12.7. The highest BCUT2D eigenvalue weighted by atomic mass is 16.5. The van der Waals surface area contributed by atoms with E-state index in [1.54, 1.807) is 0 Å². The Morgan fingerprint density at radius 1 is 1.03 bits per heavy atom. The van der Waals surface area contributed by atoms with Gasteiger partial charge in [-0.25, -0.2) is 0 Å². The first kappa shape index (κ1) is 23.3. The molecular formula is C28H36N2O3. The number of rotatable bonds is 12. The zero-order chi connectivity index (χ0) is 23.0. The minimum atomic E-state index is 0.199. The fourth-order valence-corrected chi connectivity index (χ4v) is 4.76. The second-order valence-electron chi connectivity index (χ2n) is 9.10. The van der Waals surface area contributed by atoms with Crippen molar-refractivity contribution in [3.8, 4) is 5.75 Å². The molecule has 1 aliphatic heterocycles. The highest BCUT2D eigenvalue weighted by Gasteiger charge is 2.31. The Kier molecular flexibility index (Phi) is 8.03. The van der Waals surface area contributed by atoms with Crippen LogP contribution in [0.3, 0.4) is 0 Å². The number of anilines is 1. The van der Waals surface area contributed by atoms with Gasteiger partial charge in [0.25, 0.3) is 0 Å². The lowest BCUT2D eigenvalue weighted by atomic mass is 9.99. The normalized spacial score (nSPS) is 15.3. The topological polar surface area (TPSA) is 49.9 Å². The summed E-state index contributed by atoms with van der Waals surface area (Å²) >= 11 is 0. The van der Waals surface area contributed by atoms with Gasteiger partial charge in [-0.3, -0.25) is 9.59 Å². The Labute approximate surface area is 197 Å². The first-order valence-corrected chi connectivity index (χ1v) is 12.6. The summed E-state index contributed by atoms with van der Waals surface area (Å²) in [7, 11) is 0. The average Bonchev–Trinajstić information content (AvgIpc) is 3.67. The summed E-state index contributed by atoms with van der Waals surface area (Å²) < 4.78 is 6.10. The van der Waals surface area contributed by atoms with Gasteiger partial charge in [0.05, 0.1) is 12.3 Å². The molecule has 0 aromatic heterocycles. The summed E-state index contributed by atoms with van der Waals surface area (Å²) in [5, 5.41) is 0. The van der Waals surface area contributed by atoms with Crippen molar-refractivity contribution in [1.29, 1.82) is 0 Å². The zero-order valence-corrected chi connectivity index (χ0v) is 19.8. The molecule has 0 saturated heterocycles. The second kappa shape index (κ2) is 11.4. The lowest BCUT2D eigenvalue weighted by molar-refractivity contribution is -0.131. The Morgan fingerprint density at radius 2 is 1.85 bits per heavy atom. The van der Waals surface area contributed by atoms with Gasteiger partial charge >= 0.3 is 0 Å². The molecule has 1 heterocycles. The van der Waals surface area contributed by atoms with E-state index in [0.29, 0.717) is 31.9 Å². The van der Waals surface area contributed by atoms with Crippen molar-refractivity contribution < 1.29 is 14.3 Å². The van der Waals surface area contributed by atoms with Crippen molar-refractivity contribution in [2.75, 3.05) is 24.6 Å². The van der Waals surface area contributed by atoms with Gasteiger partial charge < -0.3 is 14.5 Å². The molecule has 33 heavy (non-hydrogen) atoms. The van der Waals surface area contributed by atoms with Gasteiger partial charge in [0, 0.05) is 37.5 Å². The van der Waals surface area contributed by atoms with E-state index >= 15 is 0 Å². The van der Waals surface area contributed by atoms with Crippen molar-refractivity contribution in [2.45, 2.75) is 70.8 Å². The molecular weight excluding hydrogens is 412 g/mol. The van der Waals surface area contributed by atoms with Crippen molar-refractivity contribution in [1.82, 2.24) is 4.90 Å². The predicted octanol–water partition coefficient (Wildman–Crippen LogP) is 5.16. The Balaban J connectivity index is 1.28. The maximum absolute atomic E-state index is 12.7. The van der Waals surface area contributed by atoms with Gasteiger partial charge in [-0.05, 0) is 69.6 Å². The fraction of sp³-hybridized carbons (Fsp3) is 0.500. The Bertz CT molecular complexity index is 939. The monoisotopic (exact) mass is 448 g/mol. The molecule has 1 saturated carbocycles. The summed E-state index contributed by atoms with van der Waals surface area (Å²) in [6.45, 7) is 4.11. The standard InChI is InChI=1S/C28H36N2O3/c1-2-29(23-16-17-23)27(31)15-9-21-33-26-14-8-13-25-24(26)18-19-28(32)30(25)20-7-6-12-22-10-4-3-5-11-22/h3-5,8,10-11,13-14,23H,2,6-7,9,12,15-21H2,1H3. The number of carbonyl (C=O) groups excluding carboxylic acids is 2. The maximum Gasteiger partial charge on any atom is 0.227 e. The van der Waals surface area contributed by atoms with Crippen LogP contribution in [0.25, 0.3) is 0 Å². The van der Waals surface area contributed by atoms with Gasteiger partial charge in [-0.15, -0.1) is 0 Å². The number of hydrogen-bond acceptors (Lipinski definition) is 3. The van der Waals surface area contributed by atoms with Gasteiger partial charge in [-0.2, -0.15) is 0 Å². The molecule has 2 aromatic carbocycles. The first-order valence-electron chi connectivity index (χ1n) is 12.6. The van der Waals surface area contributed by atoms with E-state index in [2.05, 4.69) is 31.2 Å². The molecule has 0 N–H and O–H groups in total.